The first-order valence-corrected chi connectivity index (χ1v) is 10.6. The molecular formula is C19H26N2O3S. The van der Waals surface area contributed by atoms with E-state index < -0.39 is 10.0 Å². The van der Waals surface area contributed by atoms with Crippen molar-refractivity contribution in [2.24, 2.45) is 0 Å². The highest BCUT2D eigenvalue weighted by molar-refractivity contribution is 7.89. The number of nitrogens with zero attached hydrogens (tertiary/aromatic N) is 1. The summed E-state index contributed by atoms with van der Waals surface area (Å²) in [5, 5.41) is 2.91. The molecule has 1 aromatic carbocycles. The Morgan fingerprint density at radius 1 is 1.12 bits per heavy atom. The molecule has 0 aromatic heterocycles. The van der Waals surface area contributed by atoms with Crippen LogP contribution in [0.2, 0.25) is 0 Å². The van der Waals surface area contributed by atoms with Gasteiger partial charge in [-0.3, -0.25) is 4.79 Å². The number of nitrogens with one attached hydrogen (secondary N) is 1. The van der Waals surface area contributed by atoms with Gasteiger partial charge in [0.05, 0.1) is 4.90 Å². The third kappa shape index (κ3) is 4.50. The molecule has 1 N–H and O–H groups in total. The fourth-order valence-electron chi connectivity index (χ4n) is 3.45. The van der Waals surface area contributed by atoms with E-state index in [1.807, 2.05) is 0 Å². The monoisotopic (exact) mass is 362 g/mol. The number of carbonyl (C=O) groups is 1. The molecule has 1 aromatic rings. The Kier molecular flexibility index (Phi) is 5.91. The first kappa shape index (κ1) is 18.1. The predicted octanol–water partition coefficient (Wildman–Crippen LogP) is 3.09. The molecule has 0 spiro atoms. The molecule has 1 fully saturated rings. The molecule has 1 aliphatic heterocycles. The second kappa shape index (κ2) is 8.15. The predicted molar refractivity (Wildman–Crippen MR) is 97.9 cm³/mol. The van der Waals surface area contributed by atoms with Crippen molar-refractivity contribution in [1.82, 2.24) is 9.62 Å². The summed E-state index contributed by atoms with van der Waals surface area (Å²) in [6, 6.07) is 6.36. The zero-order valence-corrected chi connectivity index (χ0v) is 15.4. The highest BCUT2D eigenvalue weighted by Gasteiger charge is 2.27. The molecule has 0 unspecified atom stereocenters. The van der Waals surface area contributed by atoms with Crippen LogP contribution in [0, 0.1) is 0 Å². The molecule has 1 amide bonds. The first-order valence-electron chi connectivity index (χ1n) is 9.14. The van der Waals surface area contributed by atoms with Gasteiger partial charge in [0, 0.05) is 25.2 Å². The Bertz CT molecular complexity index is 750. The Morgan fingerprint density at radius 2 is 1.92 bits per heavy atom. The summed E-state index contributed by atoms with van der Waals surface area (Å²) in [5.41, 5.74) is 1.81. The minimum absolute atomic E-state index is 0.206. The van der Waals surface area contributed by atoms with Crippen molar-refractivity contribution < 1.29 is 13.2 Å². The molecule has 1 aliphatic carbocycles. The Hall–Kier alpha value is -1.66. The quantitative estimate of drug-likeness (QED) is 0.791. The van der Waals surface area contributed by atoms with Gasteiger partial charge in [-0.2, -0.15) is 4.31 Å². The minimum atomic E-state index is -3.49. The van der Waals surface area contributed by atoms with E-state index in [1.54, 1.807) is 18.2 Å². The second-order valence-corrected chi connectivity index (χ2v) is 8.69. The van der Waals surface area contributed by atoms with E-state index in [-0.39, 0.29) is 10.8 Å². The Morgan fingerprint density at radius 3 is 2.64 bits per heavy atom. The van der Waals surface area contributed by atoms with E-state index in [1.165, 1.54) is 28.8 Å². The summed E-state index contributed by atoms with van der Waals surface area (Å²) in [6.45, 7) is 1.72. The Labute approximate surface area is 150 Å². The molecule has 0 atom stereocenters. The molecule has 1 heterocycles. The van der Waals surface area contributed by atoms with Gasteiger partial charge in [-0.25, -0.2) is 8.42 Å². The largest absolute Gasteiger partial charge is 0.352 e. The van der Waals surface area contributed by atoms with Gasteiger partial charge in [0.1, 0.15) is 0 Å². The molecule has 136 valence electrons. The third-order valence-electron chi connectivity index (χ3n) is 4.92. The van der Waals surface area contributed by atoms with Crippen LogP contribution >= 0.6 is 0 Å². The van der Waals surface area contributed by atoms with Gasteiger partial charge in [-0.1, -0.05) is 17.7 Å². The summed E-state index contributed by atoms with van der Waals surface area (Å²) in [4.78, 5) is 12.6. The molecule has 25 heavy (non-hydrogen) atoms. The van der Waals surface area contributed by atoms with Gasteiger partial charge in [0.2, 0.25) is 10.0 Å². The smallest absolute Gasteiger partial charge is 0.251 e. The molecule has 1 saturated heterocycles. The van der Waals surface area contributed by atoms with Crippen LogP contribution in [0.3, 0.4) is 0 Å². The van der Waals surface area contributed by atoms with Gasteiger partial charge in [-0.15, -0.1) is 0 Å². The van der Waals surface area contributed by atoms with Crippen LogP contribution in [0.4, 0.5) is 0 Å². The number of allylic oxidation sites excluding steroid dienone is 1. The lowest BCUT2D eigenvalue weighted by atomic mass is 9.97. The second-order valence-electron chi connectivity index (χ2n) is 6.75. The molecule has 0 radical (unpaired) electrons. The molecule has 0 bridgehead atoms. The molecule has 0 saturated carbocycles. The summed E-state index contributed by atoms with van der Waals surface area (Å²) >= 11 is 0. The number of rotatable bonds is 6. The van der Waals surface area contributed by atoms with Crippen molar-refractivity contribution in [1.29, 1.82) is 0 Å². The van der Waals surface area contributed by atoms with E-state index in [0.29, 0.717) is 25.2 Å². The zero-order chi connectivity index (χ0) is 17.7. The van der Waals surface area contributed by atoms with Gasteiger partial charge in [0.15, 0.2) is 0 Å². The van der Waals surface area contributed by atoms with Gasteiger partial charge in [0.25, 0.3) is 5.91 Å². The van der Waals surface area contributed by atoms with Crippen LogP contribution in [-0.2, 0) is 10.0 Å². The third-order valence-corrected chi connectivity index (χ3v) is 6.81. The van der Waals surface area contributed by atoms with E-state index in [0.717, 1.165) is 32.1 Å². The standard InChI is InChI=1S/C19H26N2O3S/c22-19(20-12-11-16-7-2-1-3-8-16)17-9-6-10-18(15-17)25(23,24)21-13-4-5-14-21/h6-7,9-10,15H,1-5,8,11-14H2,(H,20,22). The van der Waals surface area contributed by atoms with E-state index in [4.69, 9.17) is 0 Å². The normalized spacial score (nSPS) is 18.8. The Balaban J connectivity index is 1.62. The highest BCUT2D eigenvalue weighted by atomic mass is 32.2. The van der Waals surface area contributed by atoms with Crippen LogP contribution in [0.25, 0.3) is 0 Å². The van der Waals surface area contributed by atoms with Gasteiger partial charge in [-0.05, 0) is 63.1 Å². The summed E-state index contributed by atoms with van der Waals surface area (Å²) in [7, 11) is -3.49. The summed E-state index contributed by atoms with van der Waals surface area (Å²) in [6.07, 6.45) is 9.70. The first-order chi connectivity index (χ1) is 12.1. The van der Waals surface area contributed by atoms with Crippen molar-refractivity contribution in [3.63, 3.8) is 0 Å². The maximum absolute atomic E-state index is 12.6. The molecule has 5 nitrogen and oxygen atoms in total. The van der Waals surface area contributed by atoms with E-state index in [2.05, 4.69) is 11.4 Å². The zero-order valence-electron chi connectivity index (χ0n) is 14.5. The highest BCUT2D eigenvalue weighted by Crippen LogP contribution is 2.22. The van der Waals surface area contributed by atoms with Crippen LogP contribution in [0.1, 0.15) is 55.3 Å². The molecule has 2 aliphatic rings. The van der Waals surface area contributed by atoms with E-state index in [9.17, 15) is 13.2 Å². The SMILES string of the molecule is O=C(NCCC1=CCCCC1)c1cccc(S(=O)(=O)N2CCCC2)c1. The number of carbonyl (C=O) groups excluding carboxylic acids is 1. The van der Waals surface area contributed by atoms with Crippen molar-refractivity contribution in [3.8, 4) is 0 Å². The topological polar surface area (TPSA) is 66.5 Å². The van der Waals surface area contributed by atoms with Crippen molar-refractivity contribution >= 4 is 15.9 Å². The maximum Gasteiger partial charge on any atom is 0.251 e. The molecular weight excluding hydrogens is 336 g/mol. The van der Waals surface area contributed by atoms with Gasteiger partial charge < -0.3 is 5.32 Å². The average molecular weight is 362 g/mol. The van der Waals surface area contributed by atoms with Gasteiger partial charge >= 0.3 is 0 Å². The van der Waals surface area contributed by atoms with Crippen molar-refractivity contribution in [2.45, 2.75) is 49.8 Å². The van der Waals surface area contributed by atoms with Crippen LogP contribution in [0.15, 0.2) is 40.8 Å². The number of benzene rings is 1. The van der Waals surface area contributed by atoms with Crippen LogP contribution < -0.4 is 5.32 Å². The maximum atomic E-state index is 12.6. The average Bonchev–Trinajstić information content (AvgIpc) is 3.18. The molecule has 3 rings (SSSR count). The number of amides is 1. The number of hydrogen-bond donors (Lipinski definition) is 1. The summed E-state index contributed by atoms with van der Waals surface area (Å²) < 4.78 is 26.7. The number of sulfonamides is 1. The van der Waals surface area contributed by atoms with Crippen LogP contribution in [-0.4, -0.2) is 38.3 Å². The van der Waals surface area contributed by atoms with Crippen LogP contribution in [0.5, 0.6) is 0 Å². The van der Waals surface area contributed by atoms with E-state index >= 15 is 0 Å². The fourth-order valence-corrected chi connectivity index (χ4v) is 5.01. The minimum Gasteiger partial charge on any atom is -0.352 e. The molecule has 6 heteroatoms. The lowest BCUT2D eigenvalue weighted by Crippen LogP contribution is -2.29. The lowest BCUT2D eigenvalue weighted by Gasteiger charge is -2.16. The summed E-state index contributed by atoms with van der Waals surface area (Å²) in [5.74, 6) is -0.213. The van der Waals surface area contributed by atoms with Crippen molar-refractivity contribution in [3.05, 3.63) is 41.5 Å². The van der Waals surface area contributed by atoms with Crippen molar-refractivity contribution in [2.75, 3.05) is 19.6 Å². The number of hydrogen-bond acceptors (Lipinski definition) is 3. The lowest BCUT2D eigenvalue weighted by molar-refractivity contribution is 0.0954. The fraction of sp³-hybridized carbons (Fsp3) is 0.526.